The Morgan fingerprint density at radius 1 is 1.48 bits per heavy atom. The van der Waals surface area contributed by atoms with Crippen LogP contribution in [0.3, 0.4) is 0 Å². The highest BCUT2D eigenvalue weighted by molar-refractivity contribution is 6.36. The van der Waals surface area contributed by atoms with Crippen LogP contribution in [-0.4, -0.2) is 57.4 Å². The Kier molecular flexibility index (Phi) is 3.93. The van der Waals surface area contributed by atoms with E-state index in [-0.39, 0.29) is 29.5 Å². The molecule has 23 heavy (non-hydrogen) atoms. The molecule has 0 radical (unpaired) electrons. The van der Waals surface area contributed by atoms with Crippen LogP contribution in [0.5, 0.6) is 0 Å². The van der Waals surface area contributed by atoms with Crippen LogP contribution in [0.1, 0.15) is 16.1 Å². The lowest BCUT2D eigenvalue weighted by molar-refractivity contribution is -0.233. The Balaban J connectivity index is 1.89. The third kappa shape index (κ3) is 2.98. The molecule has 0 saturated carbocycles. The number of hydrogen-bond acceptors (Lipinski definition) is 4. The first-order chi connectivity index (χ1) is 10.8. The molecule has 1 fully saturated rings. The molecule has 6 nitrogen and oxygen atoms in total. The highest BCUT2D eigenvalue weighted by Gasteiger charge is 2.44. The van der Waals surface area contributed by atoms with Gasteiger partial charge in [-0.1, -0.05) is 11.6 Å². The lowest BCUT2D eigenvalue weighted by Gasteiger charge is -2.33. The number of ether oxygens (including phenoxy) is 1. The summed E-state index contributed by atoms with van der Waals surface area (Å²) in [5.74, 6) is -0.671. The zero-order valence-electron chi connectivity index (χ0n) is 12.0. The maximum Gasteiger partial charge on any atom is 0.416 e. The SMILES string of the molecule is Cc1cnc2c(Cl)c(C(=O)N3CCO[C@@H](C(F)(F)F)C3)nn2c1. The lowest BCUT2D eigenvalue weighted by Crippen LogP contribution is -2.51. The van der Waals surface area contributed by atoms with Gasteiger partial charge in [-0.05, 0) is 12.5 Å². The molecule has 0 aliphatic carbocycles. The summed E-state index contributed by atoms with van der Waals surface area (Å²) < 4.78 is 44.3. The van der Waals surface area contributed by atoms with Crippen molar-refractivity contribution in [3.63, 3.8) is 0 Å². The van der Waals surface area contributed by atoms with Gasteiger partial charge in [0, 0.05) is 18.9 Å². The van der Waals surface area contributed by atoms with E-state index in [4.69, 9.17) is 11.6 Å². The van der Waals surface area contributed by atoms with Gasteiger partial charge >= 0.3 is 6.18 Å². The molecule has 124 valence electrons. The molecule has 1 amide bonds. The van der Waals surface area contributed by atoms with Crippen molar-refractivity contribution in [2.75, 3.05) is 19.7 Å². The largest absolute Gasteiger partial charge is 0.416 e. The molecule has 1 saturated heterocycles. The minimum Gasteiger partial charge on any atom is -0.365 e. The van der Waals surface area contributed by atoms with E-state index in [1.165, 1.54) is 4.52 Å². The maximum absolute atomic E-state index is 12.8. The quantitative estimate of drug-likeness (QED) is 0.792. The molecular formula is C13H12ClF3N4O2. The molecule has 0 aromatic carbocycles. The first-order valence-corrected chi connectivity index (χ1v) is 7.13. The Morgan fingerprint density at radius 3 is 2.91 bits per heavy atom. The van der Waals surface area contributed by atoms with E-state index in [0.29, 0.717) is 0 Å². The fraction of sp³-hybridized carbons (Fsp3) is 0.462. The van der Waals surface area contributed by atoms with Crippen LogP contribution in [0.25, 0.3) is 5.65 Å². The second-order valence-corrected chi connectivity index (χ2v) is 5.59. The van der Waals surface area contributed by atoms with Crippen LogP contribution >= 0.6 is 11.6 Å². The van der Waals surface area contributed by atoms with Crippen molar-refractivity contribution in [1.29, 1.82) is 0 Å². The van der Waals surface area contributed by atoms with Crippen LogP contribution in [0, 0.1) is 6.92 Å². The number of aromatic nitrogens is 3. The summed E-state index contributed by atoms with van der Waals surface area (Å²) in [6.45, 7) is 1.05. The van der Waals surface area contributed by atoms with E-state index >= 15 is 0 Å². The zero-order valence-corrected chi connectivity index (χ0v) is 12.7. The topological polar surface area (TPSA) is 59.7 Å². The van der Waals surface area contributed by atoms with Crippen molar-refractivity contribution in [3.05, 3.63) is 28.7 Å². The first kappa shape index (κ1) is 16.0. The van der Waals surface area contributed by atoms with E-state index < -0.39 is 24.7 Å². The highest BCUT2D eigenvalue weighted by atomic mass is 35.5. The van der Waals surface area contributed by atoms with Crippen molar-refractivity contribution in [3.8, 4) is 0 Å². The molecule has 0 unspecified atom stereocenters. The van der Waals surface area contributed by atoms with Gasteiger partial charge in [-0.2, -0.15) is 18.3 Å². The summed E-state index contributed by atoms with van der Waals surface area (Å²) in [5.41, 5.74) is 0.966. The maximum atomic E-state index is 12.8. The molecular weight excluding hydrogens is 337 g/mol. The fourth-order valence-electron chi connectivity index (χ4n) is 2.32. The minimum absolute atomic E-state index is 0.0186. The summed E-state index contributed by atoms with van der Waals surface area (Å²) >= 11 is 6.10. The second kappa shape index (κ2) is 5.64. The van der Waals surface area contributed by atoms with Gasteiger partial charge in [0.1, 0.15) is 5.02 Å². The van der Waals surface area contributed by atoms with Crippen LogP contribution in [-0.2, 0) is 4.74 Å². The van der Waals surface area contributed by atoms with Crippen molar-refractivity contribution in [2.45, 2.75) is 19.2 Å². The number of alkyl halides is 3. The van der Waals surface area contributed by atoms with Crippen molar-refractivity contribution < 1.29 is 22.7 Å². The van der Waals surface area contributed by atoms with Gasteiger partial charge in [0.25, 0.3) is 5.91 Å². The van der Waals surface area contributed by atoms with Crippen LogP contribution in [0.4, 0.5) is 13.2 Å². The summed E-state index contributed by atoms with van der Waals surface area (Å²) in [5, 5.41) is 4.06. The number of nitrogens with zero attached hydrogens (tertiary/aromatic N) is 4. The van der Waals surface area contributed by atoms with Gasteiger partial charge in [-0.15, -0.1) is 0 Å². The number of rotatable bonds is 1. The molecule has 3 heterocycles. The predicted octanol–water partition coefficient (Wildman–Crippen LogP) is 2.09. The molecule has 3 rings (SSSR count). The van der Waals surface area contributed by atoms with Crippen molar-refractivity contribution in [2.24, 2.45) is 0 Å². The molecule has 0 N–H and O–H groups in total. The van der Waals surface area contributed by atoms with Crippen LogP contribution in [0.2, 0.25) is 5.02 Å². The highest BCUT2D eigenvalue weighted by Crippen LogP contribution is 2.27. The van der Waals surface area contributed by atoms with Gasteiger partial charge in [0.15, 0.2) is 17.4 Å². The Morgan fingerprint density at radius 2 is 2.22 bits per heavy atom. The van der Waals surface area contributed by atoms with Crippen LogP contribution in [0.15, 0.2) is 12.4 Å². The summed E-state index contributed by atoms with van der Waals surface area (Å²) in [6, 6.07) is 0. The van der Waals surface area contributed by atoms with E-state index in [0.717, 1.165) is 10.5 Å². The number of carbonyl (C=O) groups is 1. The standard InChI is InChI=1S/C13H12ClF3N4O2/c1-7-4-18-11-9(14)10(19-21(11)5-7)12(22)20-2-3-23-8(6-20)13(15,16)17/h4-5,8H,2-3,6H2,1H3/t8-/m1/s1. The first-order valence-electron chi connectivity index (χ1n) is 6.75. The average molecular weight is 349 g/mol. The number of morpholine rings is 1. The molecule has 2 aromatic rings. The third-order valence-electron chi connectivity index (χ3n) is 3.47. The number of hydrogen-bond donors (Lipinski definition) is 0. The average Bonchev–Trinajstić information content (AvgIpc) is 2.82. The van der Waals surface area contributed by atoms with Crippen LogP contribution < -0.4 is 0 Å². The van der Waals surface area contributed by atoms with Gasteiger partial charge in [-0.25, -0.2) is 9.50 Å². The van der Waals surface area contributed by atoms with Gasteiger partial charge < -0.3 is 9.64 Å². The minimum atomic E-state index is -4.53. The predicted molar refractivity (Wildman–Crippen MR) is 74.4 cm³/mol. The summed E-state index contributed by atoms with van der Waals surface area (Å²) in [7, 11) is 0. The second-order valence-electron chi connectivity index (χ2n) is 5.21. The van der Waals surface area contributed by atoms with E-state index in [2.05, 4.69) is 14.8 Å². The van der Waals surface area contributed by atoms with Crippen molar-refractivity contribution in [1.82, 2.24) is 19.5 Å². The lowest BCUT2D eigenvalue weighted by atomic mass is 10.2. The van der Waals surface area contributed by atoms with Gasteiger partial charge in [-0.3, -0.25) is 4.79 Å². The Labute approximate surface area is 133 Å². The third-order valence-corrected chi connectivity index (χ3v) is 3.81. The molecule has 0 spiro atoms. The Bertz CT molecular complexity index is 761. The number of aryl methyl sites for hydroxylation is 1. The molecule has 10 heteroatoms. The van der Waals surface area contributed by atoms with E-state index in [1.54, 1.807) is 19.3 Å². The normalized spacial score (nSPS) is 19.3. The van der Waals surface area contributed by atoms with Gasteiger partial charge in [0.2, 0.25) is 0 Å². The van der Waals surface area contributed by atoms with E-state index in [1.807, 2.05) is 0 Å². The number of carbonyl (C=O) groups excluding carboxylic acids is 1. The smallest absolute Gasteiger partial charge is 0.365 e. The fourth-order valence-corrected chi connectivity index (χ4v) is 2.57. The number of amides is 1. The Hall–Kier alpha value is -1.87. The molecule has 2 aromatic heterocycles. The molecule has 1 aliphatic rings. The molecule has 1 aliphatic heterocycles. The summed E-state index contributed by atoms with van der Waals surface area (Å²) in [4.78, 5) is 17.6. The number of fused-ring (bicyclic) bond motifs is 1. The summed E-state index contributed by atoms with van der Waals surface area (Å²) in [6.07, 6.45) is -3.34. The molecule has 1 atom stereocenters. The molecule has 0 bridgehead atoms. The van der Waals surface area contributed by atoms with Crippen molar-refractivity contribution >= 4 is 23.2 Å². The number of halogens is 4. The van der Waals surface area contributed by atoms with Gasteiger partial charge in [0.05, 0.1) is 13.2 Å². The monoisotopic (exact) mass is 348 g/mol. The zero-order chi connectivity index (χ0) is 16.8. The van der Waals surface area contributed by atoms with E-state index in [9.17, 15) is 18.0 Å².